The van der Waals surface area contributed by atoms with Crippen molar-refractivity contribution in [3.05, 3.63) is 56.7 Å². The van der Waals surface area contributed by atoms with Gasteiger partial charge in [0.05, 0.1) is 17.3 Å². The summed E-state index contributed by atoms with van der Waals surface area (Å²) in [6.07, 6.45) is 2.38. The lowest BCUT2D eigenvalue weighted by atomic mass is 9.98. The summed E-state index contributed by atoms with van der Waals surface area (Å²) >= 11 is 9.16. The monoisotopic (exact) mass is 345 g/mol. The Bertz CT molecular complexity index is 585. The first-order valence-electron chi connectivity index (χ1n) is 5.97. The van der Waals surface area contributed by atoms with Gasteiger partial charge in [0.2, 0.25) is 0 Å². The summed E-state index contributed by atoms with van der Waals surface area (Å²) in [5.41, 5.74) is 1.44. The molecule has 0 aliphatic carbocycles. The summed E-state index contributed by atoms with van der Waals surface area (Å²) < 4.78 is 20.3. The normalized spacial score (nSPS) is 12.7. The molecule has 0 fully saturated rings. The van der Waals surface area contributed by atoms with E-state index in [1.165, 1.54) is 0 Å². The van der Waals surface area contributed by atoms with E-state index < -0.39 is 5.82 Å². The molecule has 1 unspecified atom stereocenters. The van der Waals surface area contributed by atoms with E-state index >= 15 is 0 Å². The van der Waals surface area contributed by atoms with Crippen LogP contribution in [0.2, 0.25) is 5.02 Å². The molecule has 0 aliphatic heterocycles. The largest absolute Gasteiger partial charge is 0.469 e. The minimum atomic E-state index is -0.418. The van der Waals surface area contributed by atoms with Crippen molar-refractivity contribution in [2.24, 2.45) is 0 Å². The molecule has 1 atom stereocenters. The summed E-state index contributed by atoms with van der Waals surface area (Å²) in [7, 11) is 1.78. The van der Waals surface area contributed by atoms with Gasteiger partial charge in [-0.05, 0) is 35.1 Å². The highest BCUT2D eigenvalue weighted by atomic mass is 79.9. The molecule has 5 heteroatoms. The van der Waals surface area contributed by atoms with Gasteiger partial charge in [-0.15, -0.1) is 0 Å². The maximum Gasteiger partial charge on any atom is 0.148 e. The van der Waals surface area contributed by atoms with Crippen LogP contribution < -0.4 is 5.32 Å². The van der Waals surface area contributed by atoms with E-state index in [9.17, 15) is 4.39 Å². The summed E-state index contributed by atoms with van der Waals surface area (Å²) in [4.78, 5) is 0. The van der Waals surface area contributed by atoms with Gasteiger partial charge in [-0.2, -0.15) is 0 Å². The van der Waals surface area contributed by atoms with Crippen LogP contribution in [0.3, 0.4) is 0 Å². The van der Waals surface area contributed by atoms with Crippen molar-refractivity contribution in [3.63, 3.8) is 0 Å². The molecule has 0 saturated heterocycles. The highest BCUT2D eigenvalue weighted by molar-refractivity contribution is 9.10. The molecule has 0 amide bonds. The number of aryl methyl sites for hydroxylation is 1. The first-order valence-corrected chi connectivity index (χ1v) is 7.14. The van der Waals surface area contributed by atoms with E-state index in [1.54, 1.807) is 25.4 Å². The Balaban J connectivity index is 2.52. The lowest BCUT2D eigenvalue weighted by Gasteiger charge is -2.18. The highest BCUT2D eigenvalue weighted by Crippen LogP contribution is 2.34. The SMILES string of the molecule is CCc1occc1C(NC)c1ccc(Br)c(Cl)c1F. The second-order valence-corrected chi connectivity index (χ2v) is 5.37. The number of nitrogens with one attached hydrogen (secondary N) is 1. The second-order valence-electron chi connectivity index (χ2n) is 4.14. The van der Waals surface area contributed by atoms with Crippen LogP contribution >= 0.6 is 27.5 Å². The zero-order valence-electron chi connectivity index (χ0n) is 10.6. The van der Waals surface area contributed by atoms with Gasteiger partial charge in [0.25, 0.3) is 0 Å². The fourth-order valence-electron chi connectivity index (χ4n) is 2.14. The van der Waals surface area contributed by atoms with Crippen LogP contribution in [0.5, 0.6) is 0 Å². The Morgan fingerprint density at radius 2 is 2.11 bits per heavy atom. The summed E-state index contributed by atoms with van der Waals surface area (Å²) in [5, 5.41) is 3.21. The van der Waals surface area contributed by atoms with Gasteiger partial charge < -0.3 is 9.73 Å². The number of hydrogen-bond donors (Lipinski definition) is 1. The van der Waals surface area contributed by atoms with Crippen LogP contribution in [0.1, 0.15) is 29.9 Å². The Morgan fingerprint density at radius 3 is 2.74 bits per heavy atom. The second kappa shape index (κ2) is 6.07. The van der Waals surface area contributed by atoms with Crippen molar-refractivity contribution in [2.45, 2.75) is 19.4 Å². The molecule has 0 bridgehead atoms. The Kier molecular flexibility index (Phi) is 4.66. The van der Waals surface area contributed by atoms with Crippen molar-refractivity contribution in [2.75, 3.05) is 7.05 Å². The quantitative estimate of drug-likeness (QED) is 0.811. The molecular formula is C14H14BrClFNO. The van der Waals surface area contributed by atoms with E-state index in [-0.39, 0.29) is 11.1 Å². The van der Waals surface area contributed by atoms with Crippen molar-refractivity contribution in [1.82, 2.24) is 5.32 Å². The zero-order valence-corrected chi connectivity index (χ0v) is 13.0. The molecule has 0 spiro atoms. The summed E-state index contributed by atoms with van der Waals surface area (Å²) in [6.45, 7) is 2.00. The minimum Gasteiger partial charge on any atom is -0.469 e. The van der Waals surface area contributed by atoms with E-state index in [2.05, 4.69) is 21.2 Å². The van der Waals surface area contributed by atoms with E-state index in [1.807, 2.05) is 13.0 Å². The molecule has 102 valence electrons. The highest BCUT2D eigenvalue weighted by Gasteiger charge is 2.22. The molecule has 0 saturated carbocycles. The third-order valence-electron chi connectivity index (χ3n) is 3.08. The average molecular weight is 347 g/mol. The lowest BCUT2D eigenvalue weighted by molar-refractivity contribution is 0.501. The molecule has 1 aromatic carbocycles. The third-order valence-corrected chi connectivity index (χ3v) is 4.34. The standard InChI is InChI=1S/C14H14BrClFNO/c1-3-11-8(6-7-19-11)14(18-2)9-4-5-10(15)12(16)13(9)17/h4-7,14,18H,3H2,1-2H3. The first-order chi connectivity index (χ1) is 9.10. The van der Waals surface area contributed by atoms with E-state index in [0.29, 0.717) is 10.0 Å². The maximum atomic E-state index is 14.3. The van der Waals surface area contributed by atoms with Gasteiger partial charge >= 0.3 is 0 Å². The van der Waals surface area contributed by atoms with Gasteiger partial charge in [0.1, 0.15) is 11.6 Å². The summed E-state index contributed by atoms with van der Waals surface area (Å²) in [5.74, 6) is 0.427. The van der Waals surface area contributed by atoms with Crippen LogP contribution in [-0.4, -0.2) is 7.05 Å². The number of benzene rings is 1. The van der Waals surface area contributed by atoms with Crippen molar-refractivity contribution in [3.8, 4) is 0 Å². The minimum absolute atomic E-state index is 0.0966. The fourth-order valence-corrected chi connectivity index (χ4v) is 2.62. The molecule has 0 aliphatic rings. The van der Waals surface area contributed by atoms with Crippen LogP contribution in [0.4, 0.5) is 4.39 Å². The van der Waals surface area contributed by atoms with Crippen LogP contribution in [0.25, 0.3) is 0 Å². The van der Waals surface area contributed by atoms with Crippen LogP contribution in [-0.2, 0) is 6.42 Å². The van der Waals surface area contributed by atoms with E-state index in [0.717, 1.165) is 17.7 Å². The fraction of sp³-hybridized carbons (Fsp3) is 0.286. The van der Waals surface area contributed by atoms with Gasteiger partial charge in [0.15, 0.2) is 0 Å². The third kappa shape index (κ3) is 2.71. The molecule has 2 nitrogen and oxygen atoms in total. The molecule has 1 aromatic heterocycles. The molecule has 1 heterocycles. The van der Waals surface area contributed by atoms with Gasteiger partial charge in [0, 0.05) is 22.0 Å². The Morgan fingerprint density at radius 1 is 1.37 bits per heavy atom. The molecule has 1 N–H and O–H groups in total. The molecule has 19 heavy (non-hydrogen) atoms. The van der Waals surface area contributed by atoms with Gasteiger partial charge in [-0.25, -0.2) is 4.39 Å². The number of halogens is 3. The predicted molar refractivity (Wildman–Crippen MR) is 78.1 cm³/mol. The van der Waals surface area contributed by atoms with Gasteiger partial charge in [-0.3, -0.25) is 0 Å². The molecule has 2 aromatic rings. The Labute approximate surface area is 125 Å². The Hall–Kier alpha value is -0.840. The summed E-state index contributed by atoms with van der Waals surface area (Å²) in [6, 6.07) is 5.05. The lowest BCUT2D eigenvalue weighted by Crippen LogP contribution is -2.19. The average Bonchev–Trinajstić information content (AvgIpc) is 2.88. The van der Waals surface area contributed by atoms with E-state index in [4.69, 9.17) is 16.0 Å². The zero-order chi connectivity index (χ0) is 14.0. The smallest absolute Gasteiger partial charge is 0.148 e. The molecule has 2 rings (SSSR count). The number of hydrogen-bond acceptors (Lipinski definition) is 2. The van der Waals surface area contributed by atoms with Crippen LogP contribution in [0.15, 0.2) is 33.4 Å². The first kappa shape index (κ1) is 14.6. The van der Waals surface area contributed by atoms with Gasteiger partial charge in [-0.1, -0.05) is 24.6 Å². The topological polar surface area (TPSA) is 25.2 Å². The van der Waals surface area contributed by atoms with Crippen molar-refractivity contribution in [1.29, 1.82) is 0 Å². The van der Waals surface area contributed by atoms with Crippen molar-refractivity contribution >= 4 is 27.5 Å². The van der Waals surface area contributed by atoms with Crippen molar-refractivity contribution < 1.29 is 8.81 Å². The molecular weight excluding hydrogens is 333 g/mol. The number of furan rings is 1. The van der Waals surface area contributed by atoms with Crippen LogP contribution in [0, 0.1) is 5.82 Å². The number of rotatable bonds is 4. The predicted octanol–water partition coefficient (Wildman–Crippen LogP) is 4.71. The molecule has 0 radical (unpaired) electrons. The maximum absolute atomic E-state index is 14.3.